The van der Waals surface area contributed by atoms with Crippen LogP contribution < -0.4 is 9.80 Å². The highest BCUT2D eigenvalue weighted by atomic mass is 16.3. The molecule has 0 bridgehead atoms. The van der Waals surface area contributed by atoms with Crippen molar-refractivity contribution in [2.45, 2.75) is 24.7 Å². The molecule has 17 rings (SSSR count). The minimum absolute atomic E-state index is 0.206. The molecule has 1 spiro atoms. The lowest BCUT2D eigenvalue weighted by atomic mass is 9.66. The van der Waals surface area contributed by atoms with Gasteiger partial charge in [0.1, 0.15) is 11.2 Å². The van der Waals surface area contributed by atoms with Crippen molar-refractivity contribution in [3.8, 4) is 66.8 Å². The van der Waals surface area contributed by atoms with Crippen LogP contribution in [0.2, 0.25) is 0 Å². The van der Waals surface area contributed by atoms with Gasteiger partial charge in [0.05, 0.1) is 16.8 Å². The summed E-state index contributed by atoms with van der Waals surface area (Å²) in [4.78, 5) is 4.97. The third kappa shape index (κ3) is 5.97. The summed E-state index contributed by atoms with van der Waals surface area (Å²) in [5, 5.41) is 2.30. The lowest BCUT2D eigenvalue weighted by Gasteiger charge is -2.36. The van der Waals surface area contributed by atoms with Crippen LogP contribution in [0.4, 0.5) is 34.1 Å². The maximum atomic E-state index is 6.67. The monoisotopic (exact) mass is 1010 g/mol. The smallest absolute Gasteiger partial charge is 0.136 e. The molecule has 0 saturated heterocycles. The molecule has 0 amide bonds. The van der Waals surface area contributed by atoms with E-state index in [2.05, 4.69) is 291 Å². The van der Waals surface area contributed by atoms with Crippen molar-refractivity contribution in [3.63, 3.8) is 0 Å². The van der Waals surface area contributed by atoms with Crippen molar-refractivity contribution in [2.24, 2.45) is 0 Å². The molecule has 0 N–H and O–H groups in total. The van der Waals surface area contributed by atoms with Crippen LogP contribution in [-0.4, -0.2) is 0 Å². The Morgan fingerprint density at radius 3 is 1.56 bits per heavy atom. The van der Waals surface area contributed by atoms with Gasteiger partial charge in [-0.1, -0.05) is 208 Å². The summed E-state index contributed by atoms with van der Waals surface area (Å²) in [5.41, 5.74) is 30.1. The van der Waals surface area contributed by atoms with E-state index in [4.69, 9.17) is 4.42 Å². The Kier molecular flexibility index (Phi) is 9.11. The van der Waals surface area contributed by atoms with Gasteiger partial charge in [-0.05, 0) is 162 Å². The second-order valence-electron chi connectivity index (χ2n) is 22.2. The van der Waals surface area contributed by atoms with Crippen molar-refractivity contribution in [2.75, 3.05) is 9.80 Å². The summed E-state index contributed by atoms with van der Waals surface area (Å²) < 4.78 is 6.67. The first-order valence-corrected chi connectivity index (χ1v) is 27.6. The van der Waals surface area contributed by atoms with E-state index in [1.54, 1.807) is 0 Å². The normalized spacial score (nSPS) is 15.3. The van der Waals surface area contributed by atoms with Crippen LogP contribution in [0.1, 0.15) is 47.2 Å². The zero-order valence-corrected chi connectivity index (χ0v) is 43.7. The zero-order chi connectivity index (χ0) is 52.1. The van der Waals surface area contributed by atoms with Gasteiger partial charge >= 0.3 is 0 Å². The fraction of sp³-hybridized carbons (Fsp3) is 0.0526. The van der Waals surface area contributed by atoms with E-state index >= 15 is 0 Å². The number of rotatable bonds is 4. The van der Waals surface area contributed by atoms with Crippen LogP contribution in [0.3, 0.4) is 0 Å². The van der Waals surface area contributed by atoms with Crippen LogP contribution in [0.25, 0.3) is 88.7 Å². The number of hydrogen-bond acceptors (Lipinski definition) is 3. The number of anilines is 6. The van der Waals surface area contributed by atoms with Gasteiger partial charge in [-0.2, -0.15) is 0 Å². The number of furan rings is 1. The van der Waals surface area contributed by atoms with Crippen LogP contribution in [0.15, 0.2) is 271 Å². The molecule has 3 nitrogen and oxygen atoms in total. The molecular weight excluding hydrogens is 957 g/mol. The molecule has 79 heavy (non-hydrogen) atoms. The molecule has 0 fully saturated rings. The van der Waals surface area contributed by atoms with Gasteiger partial charge in [-0.15, -0.1) is 0 Å². The summed E-state index contributed by atoms with van der Waals surface area (Å²) in [6, 6.07) is 99.9. The maximum absolute atomic E-state index is 6.67. The predicted molar refractivity (Wildman–Crippen MR) is 327 cm³/mol. The first-order chi connectivity index (χ1) is 39.0. The van der Waals surface area contributed by atoms with E-state index in [0.717, 1.165) is 50.7 Å². The summed E-state index contributed by atoms with van der Waals surface area (Å²) >= 11 is 0. The Morgan fingerprint density at radius 2 is 0.797 bits per heavy atom. The highest BCUT2D eigenvalue weighted by molar-refractivity contribution is 6.16. The second kappa shape index (κ2) is 16.3. The van der Waals surface area contributed by atoms with Crippen molar-refractivity contribution in [1.29, 1.82) is 0 Å². The molecule has 1 aliphatic heterocycles. The van der Waals surface area contributed by atoms with Crippen molar-refractivity contribution in [3.05, 3.63) is 300 Å². The molecule has 1 unspecified atom stereocenters. The molecule has 2 heterocycles. The lowest BCUT2D eigenvalue weighted by molar-refractivity contribution is 0.660. The average Bonchev–Trinajstić information content (AvgIpc) is 4.01. The number of para-hydroxylation sites is 3. The first kappa shape index (κ1) is 44.2. The molecule has 0 saturated carbocycles. The molecule has 12 aromatic carbocycles. The minimum atomic E-state index is -0.681. The maximum Gasteiger partial charge on any atom is 0.136 e. The van der Waals surface area contributed by atoms with Crippen LogP contribution in [-0.2, 0) is 10.8 Å². The topological polar surface area (TPSA) is 19.6 Å². The van der Waals surface area contributed by atoms with Gasteiger partial charge in [0.25, 0.3) is 0 Å². The van der Waals surface area contributed by atoms with E-state index in [-0.39, 0.29) is 5.41 Å². The summed E-state index contributed by atoms with van der Waals surface area (Å²) in [5.74, 6) is 0. The quantitative estimate of drug-likeness (QED) is 0.175. The molecule has 370 valence electrons. The Labute approximate surface area is 459 Å². The SMILES string of the molecule is CC1(C)c2ccccc2-c2ccc(N(c3ccc4c(c3)-c3ccccc3-c3ccccc3N4c3ccccc3)c3ccc4c(c3)-c3ccccc3-c3ccccc3C43c4ccccc4-c4c3ccc3oc5ccccc5c43)cc21. The zero-order valence-electron chi connectivity index (χ0n) is 43.7. The molecule has 1 aromatic heterocycles. The Hall–Kier alpha value is -9.96. The molecule has 3 heteroatoms. The lowest BCUT2D eigenvalue weighted by Crippen LogP contribution is -2.29. The van der Waals surface area contributed by atoms with E-state index in [1.807, 2.05) is 0 Å². The van der Waals surface area contributed by atoms with Gasteiger partial charge in [0.2, 0.25) is 0 Å². The molecule has 1 atom stereocenters. The Bertz CT molecular complexity index is 4730. The third-order valence-corrected chi connectivity index (χ3v) is 18.0. The van der Waals surface area contributed by atoms with Crippen molar-refractivity contribution < 1.29 is 4.42 Å². The highest BCUT2D eigenvalue weighted by Gasteiger charge is 2.51. The molecular formula is C76H50N2O. The Balaban J connectivity index is 0.958. The Morgan fingerprint density at radius 1 is 0.316 bits per heavy atom. The fourth-order valence-electron chi connectivity index (χ4n) is 14.7. The largest absolute Gasteiger partial charge is 0.456 e. The van der Waals surface area contributed by atoms with Gasteiger partial charge in [-0.3, -0.25) is 0 Å². The summed E-state index contributed by atoms with van der Waals surface area (Å²) in [6.45, 7) is 4.77. The number of nitrogens with zero attached hydrogens (tertiary/aromatic N) is 2. The van der Waals surface area contributed by atoms with E-state index in [9.17, 15) is 0 Å². The van der Waals surface area contributed by atoms with E-state index < -0.39 is 5.41 Å². The fourth-order valence-corrected chi connectivity index (χ4v) is 14.7. The van der Waals surface area contributed by atoms with Gasteiger partial charge in [-0.25, -0.2) is 0 Å². The second-order valence-corrected chi connectivity index (χ2v) is 22.2. The van der Waals surface area contributed by atoms with Crippen LogP contribution >= 0.6 is 0 Å². The molecule has 4 aliphatic rings. The van der Waals surface area contributed by atoms with Crippen molar-refractivity contribution >= 4 is 56.1 Å². The first-order valence-electron chi connectivity index (χ1n) is 27.6. The summed E-state index contributed by atoms with van der Waals surface area (Å²) in [6.07, 6.45) is 0. The van der Waals surface area contributed by atoms with Gasteiger partial charge in [0.15, 0.2) is 0 Å². The predicted octanol–water partition coefficient (Wildman–Crippen LogP) is 20.5. The van der Waals surface area contributed by atoms with Crippen molar-refractivity contribution in [1.82, 2.24) is 0 Å². The number of benzene rings is 12. The molecule has 3 aliphatic carbocycles. The van der Waals surface area contributed by atoms with Gasteiger partial charge in [0, 0.05) is 50.1 Å². The summed E-state index contributed by atoms with van der Waals surface area (Å²) in [7, 11) is 0. The van der Waals surface area contributed by atoms with Crippen LogP contribution in [0, 0.1) is 0 Å². The van der Waals surface area contributed by atoms with E-state index in [1.165, 1.54) is 106 Å². The standard InChI is InChI=1S/C76H50N2O/c1-75(2)63-31-15-10-27-56(63)57-39-36-50(46-68(57)75)77(49-38-42-70-62(45-49)54-25-9-7-23-52(54)58-28-13-18-34-69(58)78(70)47-20-4-3-5-21-47)48-37-40-66-61(44-48)53-24-8-6-22-51(53)55-26-11-16-32-64(55)76(66)65-33-17-12-29-59(65)73-67(76)41-43-72-74(73)60-30-14-19-35-71(60)79-72/h3-46H,1-2H3. The van der Waals surface area contributed by atoms with Gasteiger partial charge < -0.3 is 14.2 Å². The highest BCUT2D eigenvalue weighted by Crippen LogP contribution is 2.64. The average molecular weight is 1010 g/mol. The molecule has 0 radical (unpaired) electrons. The van der Waals surface area contributed by atoms with E-state index in [0.29, 0.717) is 0 Å². The number of hydrogen-bond donors (Lipinski definition) is 0. The number of fused-ring (bicyclic) bond motifs is 24. The molecule has 13 aromatic rings. The minimum Gasteiger partial charge on any atom is -0.456 e. The van der Waals surface area contributed by atoms with Crippen LogP contribution in [0.5, 0.6) is 0 Å². The third-order valence-electron chi connectivity index (χ3n) is 18.0.